The second kappa shape index (κ2) is 10.5. The Hall–Kier alpha value is -3.53. The molecule has 1 amide bonds. The summed E-state index contributed by atoms with van der Waals surface area (Å²) in [6.45, 7) is -0.0391. The average molecular weight is 442 g/mol. The Morgan fingerprint density at radius 1 is 1.06 bits per heavy atom. The minimum Gasteiger partial charge on any atom is -0.497 e. The lowest BCUT2D eigenvalue weighted by Crippen LogP contribution is -2.23. The predicted molar refractivity (Wildman–Crippen MR) is 117 cm³/mol. The van der Waals surface area contributed by atoms with Crippen LogP contribution in [-0.4, -0.2) is 41.8 Å². The van der Waals surface area contributed by atoms with E-state index in [0.29, 0.717) is 33.8 Å². The lowest BCUT2D eigenvalue weighted by atomic mass is 10.2. The van der Waals surface area contributed by atoms with Crippen LogP contribution in [0.5, 0.6) is 17.2 Å². The van der Waals surface area contributed by atoms with Crippen molar-refractivity contribution in [1.29, 1.82) is 0 Å². The van der Waals surface area contributed by atoms with Crippen molar-refractivity contribution in [3.8, 4) is 17.2 Å². The van der Waals surface area contributed by atoms with Crippen LogP contribution >= 0.6 is 11.8 Å². The molecule has 1 N–H and O–H groups in total. The predicted octanol–water partition coefficient (Wildman–Crippen LogP) is 2.60. The highest BCUT2D eigenvalue weighted by molar-refractivity contribution is 7.98. The second-order valence-electron chi connectivity index (χ2n) is 6.26. The fourth-order valence-electron chi connectivity index (χ4n) is 2.77. The van der Waals surface area contributed by atoms with Crippen LogP contribution in [0.3, 0.4) is 0 Å². The largest absolute Gasteiger partial charge is 0.497 e. The van der Waals surface area contributed by atoms with Crippen LogP contribution in [0.25, 0.3) is 0 Å². The van der Waals surface area contributed by atoms with E-state index in [2.05, 4.69) is 15.3 Å². The SMILES string of the molecule is COc1ccc(OC)c(NC(=O)Cn2cc(OC)c(=O)cc2CSc2ncccn2)c1. The molecule has 31 heavy (non-hydrogen) atoms. The third-order valence-electron chi connectivity index (χ3n) is 4.29. The van der Waals surface area contributed by atoms with Crippen LogP contribution in [0.15, 0.2) is 58.9 Å². The summed E-state index contributed by atoms with van der Waals surface area (Å²) in [6.07, 6.45) is 4.81. The number of anilines is 1. The molecule has 0 atom stereocenters. The molecule has 1 aromatic carbocycles. The molecule has 162 valence electrons. The summed E-state index contributed by atoms with van der Waals surface area (Å²) in [6, 6.07) is 8.30. The standard InChI is InChI=1S/C21H22N4O5S/c1-28-15-5-6-18(29-2)16(10-15)24-20(27)12-25-11-19(30-3)17(26)9-14(25)13-31-21-22-7-4-8-23-21/h4-11H,12-13H2,1-3H3,(H,24,27). The first kappa shape index (κ1) is 22.2. The van der Waals surface area contributed by atoms with E-state index in [-0.39, 0.29) is 23.6 Å². The summed E-state index contributed by atoms with van der Waals surface area (Å²) in [4.78, 5) is 33.4. The summed E-state index contributed by atoms with van der Waals surface area (Å²) >= 11 is 1.36. The molecule has 0 saturated heterocycles. The Bertz CT molecular complexity index is 1100. The Kier molecular flexibility index (Phi) is 7.50. The third kappa shape index (κ3) is 5.76. The topological polar surface area (TPSA) is 105 Å². The number of hydrogen-bond acceptors (Lipinski definition) is 8. The Morgan fingerprint density at radius 3 is 2.48 bits per heavy atom. The van der Waals surface area contributed by atoms with Gasteiger partial charge in [-0.2, -0.15) is 0 Å². The van der Waals surface area contributed by atoms with Crippen LogP contribution in [0.1, 0.15) is 5.69 Å². The molecule has 2 aromatic heterocycles. The average Bonchev–Trinajstić information content (AvgIpc) is 2.79. The van der Waals surface area contributed by atoms with Crippen molar-refractivity contribution in [2.75, 3.05) is 26.6 Å². The zero-order chi connectivity index (χ0) is 22.2. The third-order valence-corrected chi connectivity index (χ3v) is 5.20. The van der Waals surface area contributed by atoms with Crippen molar-refractivity contribution < 1.29 is 19.0 Å². The van der Waals surface area contributed by atoms with E-state index in [1.54, 1.807) is 48.3 Å². The van der Waals surface area contributed by atoms with Gasteiger partial charge in [0, 0.05) is 36.0 Å². The van der Waals surface area contributed by atoms with E-state index in [1.807, 2.05) is 0 Å². The van der Waals surface area contributed by atoms with Crippen molar-refractivity contribution in [3.63, 3.8) is 0 Å². The van der Waals surface area contributed by atoms with Crippen LogP contribution in [-0.2, 0) is 17.1 Å². The molecule has 0 saturated carbocycles. The van der Waals surface area contributed by atoms with E-state index in [9.17, 15) is 9.59 Å². The van der Waals surface area contributed by atoms with E-state index in [1.165, 1.54) is 38.2 Å². The number of benzene rings is 1. The number of carbonyl (C=O) groups is 1. The van der Waals surface area contributed by atoms with E-state index >= 15 is 0 Å². The number of amides is 1. The molecular formula is C21H22N4O5S. The first-order valence-corrected chi connectivity index (χ1v) is 10.2. The number of pyridine rings is 1. The molecule has 2 heterocycles. The smallest absolute Gasteiger partial charge is 0.244 e. The Labute approximate surface area is 183 Å². The molecule has 0 spiro atoms. The summed E-state index contributed by atoms with van der Waals surface area (Å²) in [7, 11) is 4.47. The molecule has 9 nitrogen and oxygen atoms in total. The maximum Gasteiger partial charge on any atom is 0.244 e. The molecule has 0 radical (unpaired) electrons. The molecular weight excluding hydrogens is 420 g/mol. The van der Waals surface area contributed by atoms with Crippen LogP contribution in [0.4, 0.5) is 5.69 Å². The molecule has 10 heteroatoms. The first-order chi connectivity index (χ1) is 15.0. The van der Waals surface area contributed by atoms with Gasteiger partial charge in [-0.25, -0.2) is 9.97 Å². The highest BCUT2D eigenvalue weighted by Crippen LogP contribution is 2.29. The van der Waals surface area contributed by atoms with Gasteiger partial charge in [-0.1, -0.05) is 11.8 Å². The number of rotatable bonds is 9. The zero-order valence-electron chi connectivity index (χ0n) is 17.3. The number of ether oxygens (including phenoxy) is 3. The Morgan fingerprint density at radius 2 is 1.81 bits per heavy atom. The maximum atomic E-state index is 12.8. The fraction of sp³-hybridized carbons (Fsp3) is 0.238. The van der Waals surface area contributed by atoms with Crippen LogP contribution < -0.4 is 25.0 Å². The van der Waals surface area contributed by atoms with Crippen molar-refractivity contribution in [2.45, 2.75) is 17.5 Å². The van der Waals surface area contributed by atoms with Crippen LogP contribution in [0.2, 0.25) is 0 Å². The van der Waals surface area contributed by atoms with Crippen molar-refractivity contribution in [3.05, 3.63) is 64.8 Å². The number of aromatic nitrogens is 3. The number of hydrogen-bond donors (Lipinski definition) is 1. The van der Waals surface area contributed by atoms with Gasteiger partial charge in [0.05, 0.1) is 33.2 Å². The van der Waals surface area contributed by atoms with Crippen molar-refractivity contribution in [2.24, 2.45) is 0 Å². The number of carbonyl (C=O) groups excluding carboxylic acids is 1. The van der Waals surface area contributed by atoms with E-state index < -0.39 is 0 Å². The molecule has 0 bridgehead atoms. The lowest BCUT2D eigenvalue weighted by molar-refractivity contribution is -0.116. The molecule has 0 unspecified atom stereocenters. The summed E-state index contributed by atoms with van der Waals surface area (Å²) in [5.41, 5.74) is 0.850. The zero-order valence-corrected chi connectivity index (χ0v) is 18.1. The Balaban J connectivity index is 1.82. The van der Waals surface area contributed by atoms with Crippen LogP contribution in [0, 0.1) is 0 Å². The monoisotopic (exact) mass is 442 g/mol. The van der Waals surface area contributed by atoms with E-state index in [0.717, 1.165) is 0 Å². The van der Waals surface area contributed by atoms with Gasteiger partial charge in [-0.05, 0) is 18.2 Å². The minimum atomic E-state index is -0.306. The van der Waals surface area contributed by atoms with Gasteiger partial charge in [-0.15, -0.1) is 0 Å². The first-order valence-electron chi connectivity index (χ1n) is 9.23. The molecule has 3 rings (SSSR count). The highest BCUT2D eigenvalue weighted by atomic mass is 32.2. The van der Waals surface area contributed by atoms with Gasteiger partial charge in [0.1, 0.15) is 18.0 Å². The lowest BCUT2D eigenvalue weighted by Gasteiger charge is -2.16. The molecule has 0 aliphatic heterocycles. The summed E-state index contributed by atoms with van der Waals surface area (Å²) in [5.74, 6) is 1.33. The summed E-state index contributed by atoms with van der Waals surface area (Å²) < 4.78 is 17.3. The number of thioether (sulfide) groups is 1. The highest BCUT2D eigenvalue weighted by Gasteiger charge is 2.14. The number of methoxy groups -OCH3 is 3. The molecule has 0 aliphatic rings. The van der Waals surface area contributed by atoms with Gasteiger partial charge >= 0.3 is 0 Å². The fourth-order valence-corrected chi connectivity index (χ4v) is 3.57. The van der Waals surface area contributed by atoms with Gasteiger partial charge in [0.2, 0.25) is 11.3 Å². The van der Waals surface area contributed by atoms with Gasteiger partial charge in [-0.3, -0.25) is 9.59 Å². The molecule has 0 aliphatic carbocycles. The van der Waals surface area contributed by atoms with Gasteiger partial charge in [0.15, 0.2) is 10.9 Å². The second-order valence-corrected chi connectivity index (χ2v) is 7.20. The van der Waals surface area contributed by atoms with Crippen molar-refractivity contribution >= 4 is 23.4 Å². The molecule has 3 aromatic rings. The molecule has 0 fully saturated rings. The quantitative estimate of drug-likeness (QED) is 0.398. The number of nitrogens with one attached hydrogen (secondary N) is 1. The normalized spacial score (nSPS) is 10.4. The van der Waals surface area contributed by atoms with E-state index in [4.69, 9.17) is 14.2 Å². The van der Waals surface area contributed by atoms with Gasteiger partial charge < -0.3 is 24.1 Å². The van der Waals surface area contributed by atoms with Gasteiger partial charge in [0.25, 0.3) is 0 Å². The van der Waals surface area contributed by atoms with Crippen molar-refractivity contribution in [1.82, 2.24) is 14.5 Å². The summed E-state index contributed by atoms with van der Waals surface area (Å²) in [5, 5.41) is 3.39. The minimum absolute atomic E-state index is 0.0391. The maximum absolute atomic E-state index is 12.8. The number of nitrogens with zero attached hydrogens (tertiary/aromatic N) is 3.